The number of halogens is 4. The molecule has 0 aliphatic rings. The normalized spacial score (nSPS) is 13.2. The lowest BCUT2D eigenvalue weighted by atomic mass is 9.76. The predicted molar refractivity (Wildman–Crippen MR) is 144 cm³/mol. The highest BCUT2D eigenvalue weighted by molar-refractivity contribution is 5.98. The summed E-state index contributed by atoms with van der Waals surface area (Å²) in [5, 5.41) is 14.4. The van der Waals surface area contributed by atoms with Crippen LogP contribution in [0.1, 0.15) is 78.9 Å². The van der Waals surface area contributed by atoms with E-state index in [1.54, 1.807) is 12.2 Å². The maximum atomic E-state index is 13.2. The van der Waals surface area contributed by atoms with Crippen molar-refractivity contribution in [2.45, 2.75) is 97.0 Å². The number of benzene rings is 2. The van der Waals surface area contributed by atoms with E-state index < -0.39 is 36.0 Å². The highest BCUT2D eigenvalue weighted by atomic mass is 19.3. The molecule has 0 aromatic heterocycles. The Morgan fingerprint density at radius 1 is 0.923 bits per heavy atom. The molecule has 0 radical (unpaired) electrons. The number of hydrogen-bond acceptors (Lipinski definition) is 4. The number of carbonyl (C=O) groups is 2. The minimum absolute atomic E-state index is 0.0445. The van der Waals surface area contributed by atoms with Crippen LogP contribution < -0.4 is 15.4 Å². The molecule has 3 N–H and O–H groups in total. The second-order valence-electron chi connectivity index (χ2n) is 10.8. The summed E-state index contributed by atoms with van der Waals surface area (Å²) in [6.07, 6.45) is -3.03. The van der Waals surface area contributed by atoms with Crippen LogP contribution in [0.15, 0.2) is 36.4 Å². The van der Waals surface area contributed by atoms with Gasteiger partial charge in [-0.15, -0.1) is 0 Å². The zero-order valence-electron chi connectivity index (χ0n) is 23.4. The average Bonchev–Trinajstić information content (AvgIpc) is 2.88. The molecular weight excluding hydrogens is 516 g/mol. The highest BCUT2D eigenvalue weighted by Gasteiger charge is 2.49. The van der Waals surface area contributed by atoms with Gasteiger partial charge in [-0.3, -0.25) is 9.59 Å². The number of ether oxygens (including phenoxy) is 1. The molecule has 10 heteroatoms. The standard InChI is InChI=1S/C29H38F4N2O4/c1-8-22(39-23-14-11-17(27(4,5)9-2)15-19(23)28(6,7)10-3)24(37)35-20-13-12-18(16-21(20)36)34-26(38)29(32,33)25(30)31/h11-16,22,25,36H,8-10H2,1-7H3,(H,34,38)(H,35,37)/t22-/m0/s1. The number of aromatic hydroxyl groups is 1. The van der Waals surface area contributed by atoms with Gasteiger partial charge in [0.15, 0.2) is 6.10 Å². The predicted octanol–water partition coefficient (Wildman–Crippen LogP) is 7.40. The first-order valence-electron chi connectivity index (χ1n) is 12.9. The molecule has 0 spiro atoms. The third-order valence-corrected chi connectivity index (χ3v) is 7.28. The Kier molecular flexibility index (Phi) is 10.0. The molecule has 0 saturated heterocycles. The molecule has 0 heterocycles. The number of rotatable bonds is 12. The van der Waals surface area contributed by atoms with Crippen LogP contribution in [0.25, 0.3) is 0 Å². The second kappa shape index (κ2) is 12.3. The van der Waals surface area contributed by atoms with E-state index in [-0.39, 0.29) is 22.2 Å². The zero-order valence-corrected chi connectivity index (χ0v) is 23.4. The fraction of sp³-hybridized carbons (Fsp3) is 0.517. The molecule has 6 nitrogen and oxygen atoms in total. The van der Waals surface area contributed by atoms with Crippen LogP contribution >= 0.6 is 0 Å². The molecule has 1 atom stereocenters. The number of nitrogens with one attached hydrogen (secondary N) is 2. The van der Waals surface area contributed by atoms with Gasteiger partial charge in [-0.1, -0.05) is 60.6 Å². The summed E-state index contributed by atoms with van der Waals surface area (Å²) >= 11 is 0. The van der Waals surface area contributed by atoms with E-state index in [4.69, 9.17) is 4.74 Å². The van der Waals surface area contributed by atoms with Gasteiger partial charge in [-0.05, 0) is 53.9 Å². The van der Waals surface area contributed by atoms with Gasteiger partial charge in [0.05, 0.1) is 5.69 Å². The number of amides is 2. The molecule has 0 bridgehead atoms. The summed E-state index contributed by atoms with van der Waals surface area (Å²) < 4.78 is 57.4. The van der Waals surface area contributed by atoms with Crippen LogP contribution in [0.3, 0.4) is 0 Å². The summed E-state index contributed by atoms with van der Waals surface area (Å²) in [5.41, 5.74) is 1.44. The van der Waals surface area contributed by atoms with Gasteiger partial charge in [-0.2, -0.15) is 8.78 Å². The summed E-state index contributed by atoms with van der Waals surface area (Å²) in [4.78, 5) is 24.5. The quantitative estimate of drug-likeness (QED) is 0.188. The number of alkyl halides is 4. The lowest BCUT2D eigenvalue weighted by Gasteiger charge is -2.31. The largest absolute Gasteiger partial charge is 0.506 e. The van der Waals surface area contributed by atoms with E-state index in [1.807, 2.05) is 12.1 Å². The van der Waals surface area contributed by atoms with Crippen LogP contribution in [0.2, 0.25) is 0 Å². The fourth-order valence-corrected chi connectivity index (χ4v) is 3.69. The zero-order chi connectivity index (χ0) is 29.8. The topological polar surface area (TPSA) is 87.7 Å². The van der Waals surface area contributed by atoms with E-state index in [1.165, 1.54) is 0 Å². The van der Waals surface area contributed by atoms with E-state index in [0.717, 1.165) is 42.2 Å². The van der Waals surface area contributed by atoms with Crippen LogP contribution in [-0.2, 0) is 20.4 Å². The molecule has 2 aromatic rings. The van der Waals surface area contributed by atoms with Gasteiger partial charge in [0, 0.05) is 17.3 Å². The lowest BCUT2D eigenvalue weighted by Crippen LogP contribution is -2.40. The summed E-state index contributed by atoms with van der Waals surface area (Å²) in [6.45, 7) is 14.5. The molecule has 0 unspecified atom stereocenters. The molecule has 216 valence electrons. The van der Waals surface area contributed by atoms with Crippen molar-refractivity contribution in [1.82, 2.24) is 0 Å². The molecule has 2 amide bonds. The van der Waals surface area contributed by atoms with Crippen molar-refractivity contribution in [2.24, 2.45) is 0 Å². The van der Waals surface area contributed by atoms with Crippen molar-refractivity contribution in [3.05, 3.63) is 47.5 Å². The van der Waals surface area contributed by atoms with E-state index in [9.17, 15) is 32.3 Å². The number of anilines is 2. The lowest BCUT2D eigenvalue weighted by molar-refractivity contribution is -0.163. The molecule has 2 aromatic carbocycles. The van der Waals surface area contributed by atoms with Crippen molar-refractivity contribution in [3.63, 3.8) is 0 Å². The van der Waals surface area contributed by atoms with Gasteiger partial charge < -0.3 is 20.5 Å². The van der Waals surface area contributed by atoms with E-state index in [2.05, 4.69) is 52.9 Å². The Morgan fingerprint density at radius 2 is 1.54 bits per heavy atom. The van der Waals surface area contributed by atoms with Crippen molar-refractivity contribution in [3.8, 4) is 11.5 Å². The van der Waals surface area contributed by atoms with E-state index in [0.29, 0.717) is 12.2 Å². The summed E-state index contributed by atoms with van der Waals surface area (Å²) in [6, 6.07) is 9.11. The van der Waals surface area contributed by atoms with Crippen molar-refractivity contribution in [1.29, 1.82) is 0 Å². The number of phenolic OH excluding ortho intramolecular Hbond substituents is 1. The Hall–Kier alpha value is -3.30. The average molecular weight is 555 g/mol. The molecule has 0 aliphatic carbocycles. The number of phenols is 1. The summed E-state index contributed by atoms with van der Waals surface area (Å²) in [5.74, 6) is -7.67. The molecule has 0 aliphatic heterocycles. The Balaban J connectivity index is 2.27. The third kappa shape index (κ3) is 7.42. The molecule has 0 saturated carbocycles. The van der Waals surface area contributed by atoms with Crippen LogP contribution in [0, 0.1) is 0 Å². The van der Waals surface area contributed by atoms with Crippen LogP contribution in [0.5, 0.6) is 11.5 Å². The smallest absolute Gasteiger partial charge is 0.383 e. The van der Waals surface area contributed by atoms with Crippen molar-refractivity contribution < 1.29 is 37.0 Å². The van der Waals surface area contributed by atoms with Gasteiger partial charge in [0.2, 0.25) is 0 Å². The molecule has 0 fully saturated rings. The first kappa shape index (κ1) is 31.9. The third-order valence-electron chi connectivity index (χ3n) is 7.28. The highest BCUT2D eigenvalue weighted by Crippen LogP contribution is 2.39. The van der Waals surface area contributed by atoms with Crippen molar-refractivity contribution in [2.75, 3.05) is 10.6 Å². The molecule has 2 rings (SSSR count). The fourth-order valence-electron chi connectivity index (χ4n) is 3.69. The Labute approximate surface area is 227 Å². The minimum Gasteiger partial charge on any atom is -0.506 e. The molecular formula is C29H38F4N2O4. The Bertz CT molecular complexity index is 1180. The van der Waals surface area contributed by atoms with Gasteiger partial charge in [0.1, 0.15) is 11.5 Å². The van der Waals surface area contributed by atoms with Crippen LogP contribution in [0.4, 0.5) is 28.9 Å². The number of hydrogen-bond donors (Lipinski definition) is 3. The van der Waals surface area contributed by atoms with Gasteiger partial charge in [-0.25, -0.2) is 8.78 Å². The van der Waals surface area contributed by atoms with Crippen LogP contribution in [-0.4, -0.2) is 35.4 Å². The minimum atomic E-state index is -4.90. The molecule has 39 heavy (non-hydrogen) atoms. The maximum absolute atomic E-state index is 13.2. The monoisotopic (exact) mass is 554 g/mol. The first-order valence-corrected chi connectivity index (χ1v) is 12.9. The second-order valence-corrected chi connectivity index (χ2v) is 10.8. The van der Waals surface area contributed by atoms with Gasteiger partial charge in [0.25, 0.3) is 5.91 Å². The first-order chi connectivity index (χ1) is 18.0. The summed E-state index contributed by atoms with van der Waals surface area (Å²) in [7, 11) is 0. The van der Waals surface area contributed by atoms with E-state index >= 15 is 0 Å². The maximum Gasteiger partial charge on any atom is 0.383 e. The SMILES string of the molecule is CC[C@H](Oc1ccc(C(C)(C)CC)cc1C(C)(C)CC)C(=O)Nc1ccc(NC(=O)C(F)(F)C(F)F)cc1O. The Morgan fingerprint density at radius 3 is 2.05 bits per heavy atom. The van der Waals surface area contributed by atoms with Crippen molar-refractivity contribution >= 4 is 23.2 Å². The van der Waals surface area contributed by atoms with Gasteiger partial charge >= 0.3 is 18.3 Å². The number of carbonyl (C=O) groups excluding carboxylic acids is 2.